The van der Waals surface area contributed by atoms with Gasteiger partial charge in [-0.2, -0.15) is 5.10 Å². The van der Waals surface area contributed by atoms with Crippen LogP contribution in [-0.2, 0) is 11.2 Å². The Hall–Kier alpha value is -3.15. The molecule has 6 heteroatoms. The molecule has 0 saturated carbocycles. The van der Waals surface area contributed by atoms with Gasteiger partial charge in [-0.3, -0.25) is 9.78 Å². The minimum Gasteiger partial charge on any atom is -0.492 e. The third-order valence-electron chi connectivity index (χ3n) is 4.15. The average Bonchev–Trinajstić information content (AvgIpc) is 3.11. The summed E-state index contributed by atoms with van der Waals surface area (Å²) in [5.74, 6) is -0.578. The Bertz CT molecular complexity index is 890. The van der Waals surface area contributed by atoms with Gasteiger partial charge < -0.3 is 9.84 Å². The number of carbonyl (C=O) groups is 1. The van der Waals surface area contributed by atoms with Gasteiger partial charge in [0, 0.05) is 11.8 Å². The van der Waals surface area contributed by atoms with Crippen LogP contribution in [-0.4, -0.2) is 32.4 Å². The standard InChI is InChI=1S/C18H15N3O3/c22-18(23)14-9-13-8-12(3-4-17(13)24-11-14)16-5-7-20-21(16)15-2-1-6-19-10-15/h1-8,10,14H,9,11H2,(H,22,23). The van der Waals surface area contributed by atoms with Gasteiger partial charge in [-0.15, -0.1) is 0 Å². The number of benzene rings is 1. The highest BCUT2D eigenvalue weighted by atomic mass is 16.5. The maximum atomic E-state index is 11.2. The van der Waals surface area contributed by atoms with E-state index in [-0.39, 0.29) is 6.61 Å². The van der Waals surface area contributed by atoms with Crippen LogP contribution in [0.3, 0.4) is 0 Å². The van der Waals surface area contributed by atoms with Gasteiger partial charge in [-0.25, -0.2) is 4.68 Å². The van der Waals surface area contributed by atoms with Crippen LogP contribution in [0.1, 0.15) is 5.56 Å². The summed E-state index contributed by atoms with van der Waals surface area (Å²) in [5.41, 5.74) is 3.66. The van der Waals surface area contributed by atoms with Crippen LogP contribution < -0.4 is 4.74 Å². The van der Waals surface area contributed by atoms with Gasteiger partial charge in [-0.05, 0) is 48.4 Å². The molecule has 1 N–H and O–H groups in total. The van der Waals surface area contributed by atoms with Crippen LogP contribution in [0.25, 0.3) is 16.9 Å². The smallest absolute Gasteiger partial charge is 0.310 e. The van der Waals surface area contributed by atoms with Gasteiger partial charge in [0.15, 0.2) is 0 Å². The van der Waals surface area contributed by atoms with Crippen molar-refractivity contribution in [1.82, 2.24) is 14.8 Å². The molecule has 6 nitrogen and oxygen atoms in total. The molecule has 0 amide bonds. The first-order valence-corrected chi connectivity index (χ1v) is 7.66. The summed E-state index contributed by atoms with van der Waals surface area (Å²) in [6, 6.07) is 11.6. The number of hydrogen-bond donors (Lipinski definition) is 1. The number of fused-ring (bicyclic) bond motifs is 1. The fourth-order valence-corrected chi connectivity index (χ4v) is 2.92. The maximum absolute atomic E-state index is 11.2. The fraction of sp³-hybridized carbons (Fsp3) is 0.167. The number of aromatic nitrogens is 3. The van der Waals surface area contributed by atoms with Crippen molar-refractivity contribution < 1.29 is 14.6 Å². The number of ether oxygens (including phenoxy) is 1. The summed E-state index contributed by atoms with van der Waals surface area (Å²) in [5, 5.41) is 13.6. The molecule has 1 unspecified atom stereocenters. The van der Waals surface area contributed by atoms with Crippen LogP contribution >= 0.6 is 0 Å². The van der Waals surface area contributed by atoms with Crippen LogP contribution in [0.15, 0.2) is 55.0 Å². The molecule has 1 aliphatic heterocycles. The topological polar surface area (TPSA) is 77.2 Å². The molecule has 24 heavy (non-hydrogen) atoms. The first-order valence-electron chi connectivity index (χ1n) is 7.66. The van der Waals surface area contributed by atoms with Crippen molar-refractivity contribution in [3.8, 4) is 22.7 Å². The van der Waals surface area contributed by atoms with E-state index in [0.29, 0.717) is 6.42 Å². The Morgan fingerprint density at radius 1 is 1.25 bits per heavy atom. The minimum absolute atomic E-state index is 0.218. The zero-order valence-electron chi connectivity index (χ0n) is 12.8. The summed E-state index contributed by atoms with van der Waals surface area (Å²) in [6.07, 6.45) is 5.67. The van der Waals surface area contributed by atoms with Crippen LogP contribution in [0.2, 0.25) is 0 Å². The van der Waals surface area contributed by atoms with E-state index in [1.54, 1.807) is 18.6 Å². The highest BCUT2D eigenvalue weighted by Crippen LogP contribution is 2.32. The number of nitrogens with zero attached hydrogens (tertiary/aromatic N) is 3. The Morgan fingerprint density at radius 2 is 2.17 bits per heavy atom. The lowest BCUT2D eigenvalue weighted by molar-refractivity contribution is -0.143. The van der Waals surface area contributed by atoms with E-state index in [9.17, 15) is 9.90 Å². The second kappa shape index (κ2) is 5.81. The summed E-state index contributed by atoms with van der Waals surface area (Å²) in [4.78, 5) is 15.3. The number of carboxylic acid groups (broad SMARTS) is 1. The molecule has 2 aromatic heterocycles. The minimum atomic E-state index is -0.827. The molecule has 3 aromatic rings. The molecule has 0 spiro atoms. The van der Waals surface area contributed by atoms with Gasteiger partial charge in [0.2, 0.25) is 0 Å². The molecule has 4 rings (SSSR count). The zero-order valence-corrected chi connectivity index (χ0v) is 12.8. The summed E-state index contributed by atoms with van der Waals surface area (Å²) in [7, 11) is 0. The zero-order chi connectivity index (χ0) is 16.5. The Morgan fingerprint density at radius 3 is 2.96 bits per heavy atom. The highest BCUT2D eigenvalue weighted by molar-refractivity contribution is 5.72. The second-order valence-corrected chi connectivity index (χ2v) is 5.71. The summed E-state index contributed by atoms with van der Waals surface area (Å²) < 4.78 is 7.38. The number of hydrogen-bond acceptors (Lipinski definition) is 4. The first-order chi connectivity index (χ1) is 11.7. The van der Waals surface area contributed by atoms with Gasteiger partial charge in [0.05, 0.1) is 29.7 Å². The van der Waals surface area contributed by atoms with Crippen LogP contribution in [0.5, 0.6) is 5.75 Å². The number of rotatable bonds is 3. The van der Waals surface area contributed by atoms with Crippen LogP contribution in [0.4, 0.5) is 0 Å². The van der Waals surface area contributed by atoms with Gasteiger partial charge in [0.25, 0.3) is 0 Å². The van der Waals surface area contributed by atoms with E-state index >= 15 is 0 Å². The molecule has 3 heterocycles. The van der Waals surface area contributed by atoms with E-state index in [1.807, 2.05) is 41.1 Å². The van der Waals surface area contributed by atoms with Crippen molar-refractivity contribution in [2.75, 3.05) is 6.61 Å². The molecular weight excluding hydrogens is 306 g/mol. The Labute approximate surface area is 138 Å². The third-order valence-corrected chi connectivity index (χ3v) is 4.15. The predicted molar refractivity (Wildman–Crippen MR) is 87.1 cm³/mol. The molecule has 0 aliphatic carbocycles. The van der Waals surface area contributed by atoms with E-state index in [4.69, 9.17) is 4.74 Å². The van der Waals surface area contributed by atoms with E-state index in [0.717, 1.165) is 28.3 Å². The maximum Gasteiger partial charge on any atom is 0.310 e. The van der Waals surface area contributed by atoms with E-state index in [1.165, 1.54) is 0 Å². The molecular formula is C18H15N3O3. The summed E-state index contributed by atoms with van der Waals surface area (Å²) in [6.45, 7) is 0.218. The average molecular weight is 321 g/mol. The SMILES string of the molecule is O=C(O)C1COc2ccc(-c3ccnn3-c3cccnc3)cc2C1. The van der Waals surface area contributed by atoms with E-state index in [2.05, 4.69) is 10.1 Å². The van der Waals surface area contributed by atoms with Crippen molar-refractivity contribution in [2.24, 2.45) is 5.92 Å². The van der Waals surface area contributed by atoms with Crippen molar-refractivity contribution >= 4 is 5.97 Å². The third kappa shape index (κ3) is 2.52. The van der Waals surface area contributed by atoms with Gasteiger partial charge in [0.1, 0.15) is 12.4 Å². The second-order valence-electron chi connectivity index (χ2n) is 5.71. The molecule has 0 radical (unpaired) electrons. The molecule has 0 bridgehead atoms. The fourth-order valence-electron chi connectivity index (χ4n) is 2.92. The molecule has 0 fully saturated rings. The van der Waals surface area contributed by atoms with Crippen molar-refractivity contribution in [3.63, 3.8) is 0 Å². The van der Waals surface area contributed by atoms with E-state index < -0.39 is 11.9 Å². The molecule has 120 valence electrons. The lowest BCUT2D eigenvalue weighted by Crippen LogP contribution is -2.27. The van der Waals surface area contributed by atoms with Crippen LogP contribution in [0, 0.1) is 5.92 Å². The van der Waals surface area contributed by atoms with Gasteiger partial charge in [-0.1, -0.05) is 0 Å². The largest absolute Gasteiger partial charge is 0.492 e. The number of carboxylic acids is 1. The predicted octanol–water partition coefficient (Wildman–Crippen LogP) is 2.57. The Balaban J connectivity index is 1.73. The Kier molecular flexibility index (Phi) is 3.49. The number of pyridine rings is 1. The molecule has 1 aromatic carbocycles. The lowest BCUT2D eigenvalue weighted by atomic mass is 9.95. The van der Waals surface area contributed by atoms with Crippen molar-refractivity contribution in [3.05, 3.63) is 60.6 Å². The monoisotopic (exact) mass is 321 g/mol. The number of aliphatic carboxylic acids is 1. The lowest BCUT2D eigenvalue weighted by Gasteiger charge is -2.23. The van der Waals surface area contributed by atoms with Gasteiger partial charge >= 0.3 is 5.97 Å². The molecule has 1 atom stereocenters. The highest BCUT2D eigenvalue weighted by Gasteiger charge is 2.26. The summed E-state index contributed by atoms with van der Waals surface area (Å²) >= 11 is 0. The molecule has 0 saturated heterocycles. The normalized spacial score (nSPS) is 16.2. The quantitative estimate of drug-likeness (QED) is 0.802. The first kappa shape index (κ1) is 14.4. The molecule has 1 aliphatic rings. The van der Waals surface area contributed by atoms with Crippen molar-refractivity contribution in [2.45, 2.75) is 6.42 Å². The van der Waals surface area contributed by atoms with Crippen molar-refractivity contribution in [1.29, 1.82) is 0 Å².